The number of aromatic carboxylic acids is 1. The van der Waals surface area contributed by atoms with Crippen LogP contribution in [0.4, 0.5) is 4.79 Å². The monoisotopic (exact) mass is 669 g/mol. The summed E-state index contributed by atoms with van der Waals surface area (Å²) in [5.41, 5.74) is 10.8. The number of hydrazone groups is 1. The van der Waals surface area contributed by atoms with Gasteiger partial charge in [-0.1, -0.05) is 66.7 Å². The van der Waals surface area contributed by atoms with E-state index in [4.69, 9.17) is 25.8 Å². The molecule has 4 aromatic carbocycles. The van der Waals surface area contributed by atoms with E-state index in [-0.39, 0.29) is 23.8 Å². The highest BCUT2D eigenvalue weighted by Crippen LogP contribution is 2.28. The molecule has 0 spiro atoms. The summed E-state index contributed by atoms with van der Waals surface area (Å²) in [4.78, 5) is 43.4. The second kappa shape index (κ2) is 15.3. The van der Waals surface area contributed by atoms with Gasteiger partial charge in [0.25, 0.3) is 11.1 Å². The van der Waals surface area contributed by atoms with E-state index < -0.39 is 23.9 Å². The van der Waals surface area contributed by atoms with Gasteiger partial charge in [-0.2, -0.15) is 10.1 Å². The molecule has 0 aliphatic rings. The predicted octanol–water partition coefficient (Wildman–Crippen LogP) is 4.53. The molecule has 5 aromatic rings. The van der Waals surface area contributed by atoms with Crippen LogP contribution < -0.4 is 21.1 Å². The van der Waals surface area contributed by atoms with Crippen LogP contribution in [0.3, 0.4) is 0 Å². The molecule has 1 heterocycles. The maximum absolute atomic E-state index is 12.2. The van der Waals surface area contributed by atoms with E-state index in [2.05, 4.69) is 14.9 Å². The highest BCUT2D eigenvalue weighted by Gasteiger charge is 2.19. The SMILES string of the molecule is CCOc1nc2cccc(C(=O)O)c2n1Cc1ccc(-c2ccccc2/C(N)=N/N(N)COC(=O)Oc2cccc(CO[N+](=O)[O-])c2)cc1. The predicted molar refractivity (Wildman–Crippen MR) is 176 cm³/mol. The minimum Gasteiger partial charge on any atom is -0.478 e. The minimum absolute atomic E-state index is 0.0464. The fourth-order valence-electron chi connectivity index (χ4n) is 4.94. The molecule has 0 aliphatic carbocycles. The van der Waals surface area contributed by atoms with Crippen LogP contribution in [-0.2, 0) is 22.7 Å². The van der Waals surface area contributed by atoms with E-state index in [1.165, 1.54) is 24.3 Å². The Morgan fingerprint density at radius 3 is 2.47 bits per heavy atom. The lowest BCUT2D eigenvalue weighted by atomic mass is 9.98. The average molecular weight is 670 g/mol. The Kier molecular flexibility index (Phi) is 10.5. The number of hydrogen-bond donors (Lipinski definition) is 3. The zero-order chi connectivity index (χ0) is 34.9. The van der Waals surface area contributed by atoms with Crippen molar-refractivity contribution in [2.45, 2.75) is 20.1 Å². The number of rotatable bonds is 14. The molecular weight excluding hydrogens is 638 g/mol. The summed E-state index contributed by atoms with van der Waals surface area (Å²) in [6, 6.07) is 26.1. The van der Waals surface area contributed by atoms with Crippen LogP contribution in [0.25, 0.3) is 22.2 Å². The van der Waals surface area contributed by atoms with Gasteiger partial charge in [-0.25, -0.2) is 15.4 Å². The van der Waals surface area contributed by atoms with Crippen molar-refractivity contribution >= 4 is 29.0 Å². The number of hydrazine groups is 1. The molecule has 0 atom stereocenters. The lowest BCUT2D eigenvalue weighted by Gasteiger charge is -2.15. The molecule has 1 aromatic heterocycles. The van der Waals surface area contributed by atoms with E-state index in [9.17, 15) is 24.8 Å². The quantitative estimate of drug-likeness (QED) is 0.0217. The summed E-state index contributed by atoms with van der Waals surface area (Å²) in [5.74, 6) is 4.99. The van der Waals surface area contributed by atoms with Gasteiger partial charge in [0.2, 0.25) is 0 Å². The van der Waals surface area contributed by atoms with E-state index in [1.54, 1.807) is 34.9 Å². The van der Waals surface area contributed by atoms with E-state index in [0.717, 1.165) is 21.8 Å². The number of imidazole rings is 1. The molecule has 0 saturated heterocycles. The van der Waals surface area contributed by atoms with Gasteiger partial charge in [0.05, 0.1) is 29.7 Å². The number of carboxylic acids is 1. The molecule has 16 heteroatoms. The standard InChI is InChI=1S/C33H31N7O9/c1-2-46-32-36-28-12-6-11-27(31(41)42)29(28)38(32)18-21-13-15-23(16-14-21)25-9-3-4-10-26(25)30(34)37-39(35)20-47-33(43)49-24-8-5-7-22(17-24)19-48-40(44)45/h3-17H,2,18-20,35H2,1H3,(H2,34,37)(H,41,42). The van der Waals surface area contributed by atoms with Gasteiger partial charge in [0.15, 0.2) is 12.6 Å². The lowest BCUT2D eigenvalue weighted by Crippen LogP contribution is -2.33. The number of hydrogen-bond acceptors (Lipinski definition) is 12. The van der Waals surface area contributed by atoms with Crippen LogP contribution in [-0.4, -0.2) is 56.2 Å². The molecule has 0 amide bonds. The summed E-state index contributed by atoms with van der Waals surface area (Å²) in [6.45, 7) is 1.69. The smallest absolute Gasteiger partial charge is 0.478 e. The van der Waals surface area contributed by atoms with Crippen LogP contribution >= 0.6 is 0 Å². The Morgan fingerprint density at radius 1 is 1.00 bits per heavy atom. The number of carbonyl (C=O) groups is 2. The number of fused-ring (bicyclic) bond motifs is 1. The van der Waals surface area contributed by atoms with Gasteiger partial charge in [0, 0.05) is 5.56 Å². The highest BCUT2D eigenvalue weighted by atomic mass is 16.9. The van der Waals surface area contributed by atoms with E-state index in [1.807, 2.05) is 43.3 Å². The number of ether oxygens (including phenoxy) is 3. The van der Waals surface area contributed by atoms with Crippen molar-refractivity contribution in [3.8, 4) is 22.9 Å². The molecule has 0 fully saturated rings. The van der Waals surface area contributed by atoms with Gasteiger partial charge in [-0.05, 0) is 53.4 Å². The Balaban J connectivity index is 1.27. The molecule has 5 N–H and O–H groups in total. The number of nitrogens with zero attached hydrogens (tertiary/aromatic N) is 5. The molecule has 5 rings (SSSR count). The lowest BCUT2D eigenvalue weighted by molar-refractivity contribution is -0.763. The normalized spacial score (nSPS) is 11.2. The second-order valence-electron chi connectivity index (χ2n) is 10.3. The maximum atomic E-state index is 12.2. The van der Waals surface area contributed by atoms with Crippen LogP contribution in [0, 0.1) is 10.1 Å². The Morgan fingerprint density at radius 2 is 1.73 bits per heavy atom. The second-order valence-corrected chi connectivity index (χ2v) is 10.3. The van der Waals surface area contributed by atoms with Crippen LogP contribution in [0.1, 0.15) is 34.0 Å². The first-order valence-electron chi connectivity index (χ1n) is 14.7. The van der Waals surface area contributed by atoms with Crippen LogP contribution in [0.15, 0.2) is 96.1 Å². The molecule has 0 saturated carbocycles. The summed E-state index contributed by atoms with van der Waals surface area (Å²) in [7, 11) is 0. The molecule has 0 radical (unpaired) electrons. The summed E-state index contributed by atoms with van der Waals surface area (Å²) >= 11 is 0. The number of para-hydroxylation sites is 1. The Hall–Kier alpha value is -6.68. The number of carbonyl (C=O) groups excluding carboxylic acids is 1. The molecule has 49 heavy (non-hydrogen) atoms. The minimum atomic E-state index is -1.09. The van der Waals surface area contributed by atoms with E-state index in [0.29, 0.717) is 41.3 Å². The Bertz CT molecular complexity index is 2010. The van der Waals surface area contributed by atoms with Gasteiger partial charge in [0.1, 0.15) is 12.4 Å². The third kappa shape index (κ3) is 8.38. The largest absolute Gasteiger partial charge is 0.515 e. The van der Waals surface area contributed by atoms with Crippen molar-refractivity contribution in [2.75, 3.05) is 13.3 Å². The van der Waals surface area contributed by atoms with Gasteiger partial charge in [-0.3, -0.25) is 4.57 Å². The van der Waals surface area contributed by atoms with Crippen molar-refractivity contribution in [3.63, 3.8) is 0 Å². The number of carboxylic acid groups (broad SMARTS) is 1. The van der Waals surface area contributed by atoms with Crippen LogP contribution in [0.2, 0.25) is 0 Å². The summed E-state index contributed by atoms with van der Waals surface area (Å²) < 4.78 is 17.6. The number of amidine groups is 1. The maximum Gasteiger partial charge on any atom is 0.515 e. The third-order valence-corrected chi connectivity index (χ3v) is 7.03. The summed E-state index contributed by atoms with van der Waals surface area (Å²) in [5, 5.41) is 24.2. The number of benzene rings is 4. The van der Waals surface area contributed by atoms with Crippen molar-refractivity contribution in [3.05, 3.63) is 123 Å². The first-order valence-corrected chi connectivity index (χ1v) is 14.7. The molecule has 252 valence electrons. The van der Waals surface area contributed by atoms with Crippen molar-refractivity contribution in [1.82, 2.24) is 14.7 Å². The first kappa shape index (κ1) is 33.7. The van der Waals surface area contributed by atoms with Crippen molar-refractivity contribution < 1.29 is 38.8 Å². The number of aromatic nitrogens is 2. The fraction of sp³-hybridized carbons (Fsp3) is 0.152. The Labute approximate surface area is 278 Å². The topological polar surface area (TPSA) is 220 Å². The average Bonchev–Trinajstić information content (AvgIpc) is 3.43. The van der Waals surface area contributed by atoms with Gasteiger partial charge >= 0.3 is 12.1 Å². The fourth-order valence-corrected chi connectivity index (χ4v) is 4.94. The number of nitrogens with two attached hydrogens (primary N) is 2. The third-order valence-electron chi connectivity index (χ3n) is 7.03. The molecule has 0 bridgehead atoms. The molecule has 0 unspecified atom stereocenters. The van der Waals surface area contributed by atoms with Crippen molar-refractivity contribution in [1.29, 1.82) is 0 Å². The molecule has 16 nitrogen and oxygen atoms in total. The molecule has 0 aliphatic heterocycles. The van der Waals surface area contributed by atoms with Gasteiger partial charge < -0.3 is 29.9 Å². The molecular formula is C33H31N7O9. The van der Waals surface area contributed by atoms with E-state index >= 15 is 0 Å². The highest BCUT2D eigenvalue weighted by molar-refractivity contribution is 6.03. The van der Waals surface area contributed by atoms with Crippen molar-refractivity contribution in [2.24, 2.45) is 16.7 Å². The first-order chi connectivity index (χ1) is 23.6. The zero-order valence-corrected chi connectivity index (χ0v) is 26.1. The zero-order valence-electron chi connectivity index (χ0n) is 26.1. The summed E-state index contributed by atoms with van der Waals surface area (Å²) in [6.07, 6.45) is -1.09. The van der Waals surface area contributed by atoms with Crippen LogP contribution in [0.5, 0.6) is 11.8 Å². The van der Waals surface area contributed by atoms with Gasteiger partial charge in [-0.15, -0.1) is 15.2 Å².